The SMILES string of the molecule is CC[C@@H](C)CC(=O)N1[C@H]2C[C@@H]3CC[C@@]2(CS1(=O)=O)C3(C)C. The van der Waals surface area contributed by atoms with Gasteiger partial charge in [0.15, 0.2) is 0 Å². The molecule has 3 aliphatic rings. The predicted molar refractivity (Wildman–Crippen MR) is 82.0 cm³/mol. The lowest BCUT2D eigenvalue weighted by atomic mass is 9.69. The second kappa shape index (κ2) is 4.46. The zero-order chi connectivity index (χ0) is 15.6. The summed E-state index contributed by atoms with van der Waals surface area (Å²) in [5.41, 5.74) is -0.155. The van der Waals surface area contributed by atoms with E-state index in [2.05, 4.69) is 13.8 Å². The van der Waals surface area contributed by atoms with Gasteiger partial charge in [-0.05, 0) is 36.5 Å². The van der Waals surface area contributed by atoms with Crippen LogP contribution in [0.15, 0.2) is 0 Å². The lowest BCUT2D eigenvalue weighted by Crippen LogP contribution is -2.44. The maximum Gasteiger partial charge on any atom is 0.238 e. The Bertz CT molecular complexity index is 568. The number of carbonyl (C=O) groups is 1. The summed E-state index contributed by atoms with van der Waals surface area (Å²) in [7, 11) is -3.43. The Labute approximate surface area is 128 Å². The zero-order valence-electron chi connectivity index (χ0n) is 13.6. The van der Waals surface area contributed by atoms with Gasteiger partial charge in [-0.2, -0.15) is 0 Å². The Kier molecular flexibility index (Phi) is 3.26. The van der Waals surface area contributed by atoms with Crippen LogP contribution in [0.3, 0.4) is 0 Å². The van der Waals surface area contributed by atoms with Crippen LogP contribution in [0.5, 0.6) is 0 Å². The third-order valence-electron chi connectivity index (χ3n) is 6.88. The van der Waals surface area contributed by atoms with Crippen molar-refractivity contribution in [1.82, 2.24) is 4.31 Å². The van der Waals surface area contributed by atoms with Gasteiger partial charge in [0.2, 0.25) is 15.9 Å². The van der Waals surface area contributed by atoms with Crippen LogP contribution in [0.4, 0.5) is 0 Å². The van der Waals surface area contributed by atoms with Gasteiger partial charge in [-0.1, -0.05) is 34.1 Å². The summed E-state index contributed by atoms with van der Waals surface area (Å²) in [5, 5.41) is 0. The largest absolute Gasteiger partial charge is 0.274 e. The van der Waals surface area contributed by atoms with E-state index in [-0.39, 0.29) is 34.4 Å². The second-order valence-electron chi connectivity index (χ2n) is 8.03. The molecule has 0 aromatic heterocycles. The molecule has 0 radical (unpaired) electrons. The smallest absolute Gasteiger partial charge is 0.238 e. The summed E-state index contributed by atoms with van der Waals surface area (Å²) in [6, 6.07) is -0.0761. The van der Waals surface area contributed by atoms with Gasteiger partial charge in [0.05, 0.1) is 11.8 Å². The summed E-state index contributed by atoms with van der Waals surface area (Å²) >= 11 is 0. The van der Waals surface area contributed by atoms with Gasteiger partial charge in [0.1, 0.15) is 0 Å². The van der Waals surface area contributed by atoms with Gasteiger partial charge in [-0.15, -0.1) is 0 Å². The van der Waals surface area contributed by atoms with Gasteiger partial charge < -0.3 is 0 Å². The number of amides is 1. The molecule has 3 fully saturated rings. The molecular formula is C16H27NO3S. The molecule has 4 nitrogen and oxygen atoms in total. The van der Waals surface area contributed by atoms with Crippen molar-refractivity contribution < 1.29 is 13.2 Å². The van der Waals surface area contributed by atoms with Crippen LogP contribution in [-0.2, 0) is 14.8 Å². The van der Waals surface area contributed by atoms with Crippen LogP contribution in [0.25, 0.3) is 0 Å². The molecule has 1 spiro atoms. The van der Waals surface area contributed by atoms with E-state index < -0.39 is 10.0 Å². The molecule has 1 heterocycles. The minimum atomic E-state index is -3.43. The average molecular weight is 313 g/mol. The topological polar surface area (TPSA) is 54.5 Å². The van der Waals surface area contributed by atoms with Crippen molar-refractivity contribution in [3.63, 3.8) is 0 Å². The van der Waals surface area contributed by atoms with E-state index in [0.717, 1.165) is 25.7 Å². The number of fused-ring (bicyclic) bond motifs is 1. The Hall–Kier alpha value is -0.580. The third-order valence-corrected chi connectivity index (χ3v) is 8.81. The summed E-state index contributed by atoms with van der Waals surface area (Å²) in [6.07, 6.45) is 4.21. The molecular weight excluding hydrogens is 286 g/mol. The monoisotopic (exact) mass is 313 g/mol. The van der Waals surface area contributed by atoms with Crippen LogP contribution in [0.2, 0.25) is 0 Å². The fourth-order valence-corrected chi connectivity index (χ4v) is 7.71. The van der Waals surface area contributed by atoms with Crippen LogP contribution in [0, 0.1) is 22.7 Å². The highest BCUT2D eigenvalue weighted by atomic mass is 32.2. The fraction of sp³-hybridized carbons (Fsp3) is 0.938. The first-order valence-electron chi connectivity index (χ1n) is 8.20. The molecule has 1 saturated heterocycles. The van der Waals surface area contributed by atoms with Crippen molar-refractivity contribution in [2.24, 2.45) is 22.7 Å². The quantitative estimate of drug-likeness (QED) is 0.805. The first-order chi connectivity index (χ1) is 9.65. The van der Waals surface area contributed by atoms with Crippen molar-refractivity contribution in [3.8, 4) is 0 Å². The molecule has 2 bridgehead atoms. The molecule has 0 unspecified atom stereocenters. The molecule has 0 N–H and O–H groups in total. The normalized spacial score (nSPS) is 40.3. The van der Waals surface area contributed by atoms with E-state index in [1.54, 1.807) is 0 Å². The van der Waals surface area contributed by atoms with E-state index in [4.69, 9.17) is 0 Å². The van der Waals surface area contributed by atoms with Crippen LogP contribution in [-0.4, -0.2) is 30.4 Å². The maximum absolute atomic E-state index is 12.7. The molecule has 21 heavy (non-hydrogen) atoms. The molecule has 4 atom stereocenters. The highest BCUT2D eigenvalue weighted by molar-refractivity contribution is 7.90. The lowest BCUT2D eigenvalue weighted by Gasteiger charge is -2.37. The maximum atomic E-state index is 12.7. The number of carbonyl (C=O) groups excluding carboxylic acids is 1. The van der Waals surface area contributed by atoms with Crippen molar-refractivity contribution in [3.05, 3.63) is 0 Å². The number of sulfonamides is 1. The number of rotatable bonds is 3. The molecule has 0 aromatic carbocycles. The molecule has 2 saturated carbocycles. The lowest BCUT2D eigenvalue weighted by molar-refractivity contribution is -0.129. The van der Waals surface area contributed by atoms with Gasteiger partial charge >= 0.3 is 0 Å². The van der Waals surface area contributed by atoms with Gasteiger partial charge in [-0.25, -0.2) is 12.7 Å². The summed E-state index contributed by atoms with van der Waals surface area (Å²) in [5.74, 6) is 0.822. The van der Waals surface area contributed by atoms with E-state index in [1.807, 2.05) is 13.8 Å². The molecule has 1 aliphatic heterocycles. The number of nitrogens with zero attached hydrogens (tertiary/aromatic N) is 1. The zero-order valence-corrected chi connectivity index (χ0v) is 14.4. The first-order valence-corrected chi connectivity index (χ1v) is 9.81. The minimum absolute atomic E-state index is 0.0378. The van der Waals surface area contributed by atoms with E-state index >= 15 is 0 Å². The van der Waals surface area contributed by atoms with Gasteiger partial charge in [-0.3, -0.25) is 4.79 Å². The highest BCUT2D eigenvalue weighted by Gasteiger charge is 2.72. The van der Waals surface area contributed by atoms with Gasteiger partial charge in [0.25, 0.3) is 0 Å². The average Bonchev–Trinajstić information content (AvgIpc) is 2.84. The standard InChI is InChI=1S/C16H27NO3S/c1-5-11(2)8-14(18)17-13-9-12-6-7-16(13,15(12,3)4)10-21(17,19)20/h11-13H,5-10H2,1-4H3/t11-,12+,13+,16+/m1/s1. The third kappa shape index (κ3) is 1.85. The first kappa shape index (κ1) is 15.3. The fourth-order valence-electron chi connectivity index (χ4n) is 5.15. The Balaban J connectivity index is 1.95. The Morgan fingerprint density at radius 1 is 1.38 bits per heavy atom. The van der Waals surface area contributed by atoms with Crippen molar-refractivity contribution >= 4 is 15.9 Å². The molecule has 2 aliphatic carbocycles. The van der Waals surface area contributed by atoms with Gasteiger partial charge in [0, 0.05) is 11.8 Å². The number of hydrogen-bond acceptors (Lipinski definition) is 3. The highest BCUT2D eigenvalue weighted by Crippen LogP contribution is 2.70. The summed E-state index contributed by atoms with van der Waals surface area (Å²) in [6.45, 7) is 8.48. The van der Waals surface area contributed by atoms with Crippen LogP contribution < -0.4 is 0 Å². The summed E-state index contributed by atoms with van der Waals surface area (Å²) in [4.78, 5) is 12.6. The second-order valence-corrected chi connectivity index (χ2v) is 9.87. The van der Waals surface area contributed by atoms with E-state index in [1.165, 1.54) is 4.31 Å². The van der Waals surface area contributed by atoms with Crippen molar-refractivity contribution in [2.75, 3.05) is 5.75 Å². The Morgan fingerprint density at radius 3 is 2.62 bits per heavy atom. The summed E-state index contributed by atoms with van der Waals surface area (Å²) < 4.78 is 26.6. The minimum Gasteiger partial charge on any atom is -0.274 e. The van der Waals surface area contributed by atoms with Crippen LogP contribution in [0.1, 0.15) is 59.8 Å². The van der Waals surface area contributed by atoms with E-state index in [0.29, 0.717) is 12.3 Å². The van der Waals surface area contributed by atoms with Crippen LogP contribution >= 0.6 is 0 Å². The molecule has 3 rings (SSSR count). The molecule has 5 heteroatoms. The van der Waals surface area contributed by atoms with E-state index in [9.17, 15) is 13.2 Å². The predicted octanol–water partition coefficient (Wildman–Crippen LogP) is 2.79. The van der Waals surface area contributed by atoms with Crippen molar-refractivity contribution in [1.29, 1.82) is 0 Å². The molecule has 1 amide bonds. The molecule has 0 aromatic rings. The van der Waals surface area contributed by atoms with Crippen molar-refractivity contribution in [2.45, 2.75) is 65.8 Å². The number of hydrogen-bond donors (Lipinski definition) is 0. The molecule has 120 valence electrons. The Morgan fingerprint density at radius 2 is 2.05 bits per heavy atom.